The third-order valence-corrected chi connectivity index (χ3v) is 4.04. The molecule has 0 radical (unpaired) electrons. The van der Waals surface area contributed by atoms with Gasteiger partial charge in [-0.2, -0.15) is 10.5 Å². The summed E-state index contributed by atoms with van der Waals surface area (Å²) in [5.41, 5.74) is 1.97. The van der Waals surface area contributed by atoms with E-state index in [1.54, 1.807) is 18.2 Å². The van der Waals surface area contributed by atoms with Crippen LogP contribution in [0.4, 0.5) is 5.69 Å². The van der Waals surface area contributed by atoms with Crippen molar-refractivity contribution in [3.05, 3.63) is 29.3 Å². The molecular formula is C15H16N4O. The Bertz CT molecular complexity index is 542. The van der Waals surface area contributed by atoms with Crippen molar-refractivity contribution in [1.82, 2.24) is 4.90 Å². The van der Waals surface area contributed by atoms with E-state index in [-0.39, 0.29) is 0 Å². The summed E-state index contributed by atoms with van der Waals surface area (Å²) in [7, 11) is 0. The van der Waals surface area contributed by atoms with Crippen molar-refractivity contribution < 1.29 is 4.74 Å². The summed E-state index contributed by atoms with van der Waals surface area (Å²) in [4.78, 5) is 4.59. The first kappa shape index (κ1) is 12.9. The van der Waals surface area contributed by atoms with Crippen molar-refractivity contribution in [3.8, 4) is 12.1 Å². The van der Waals surface area contributed by atoms with Crippen LogP contribution in [0.5, 0.6) is 0 Å². The summed E-state index contributed by atoms with van der Waals surface area (Å²) in [5.74, 6) is 0. The van der Waals surface area contributed by atoms with Gasteiger partial charge in [-0.1, -0.05) is 6.07 Å². The molecule has 102 valence electrons. The Labute approximate surface area is 118 Å². The highest BCUT2D eigenvalue weighted by Gasteiger charge is 2.30. The van der Waals surface area contributed by atoms with Gasteiger partial charge in [0.15, 0.2) is 0 Å². The van der Waals surface area contributed by atoms with E-state index >= 15 is 0 Å². The van der Waals surface area contributed by atoms with Crippen molar-refractivity contribution in [2.45, 2.75) is 6.04 Å². The maximum Gasteiger partial charge on any atom is 0.101 e. The Hall–Kier alpha value is -2.08. The number of anilines is 1. The van der Waals surface area contributed by atoms with Crippen molar-refractivity contribution in [2.24, 2.45) is 0 Å². The smallest absolute Gasteiger partial charge is 0.101 e. The van der Waals surface area contributed by atoms with Gasteiger partial charge in [-0.15, -0.1) is 0 Å². The van der Waals surface area contributed by atoms with Gasteiger partial charge in [0.1, 0.15) is 12.1 Å². The molecule has 5 nitrogen and oxygen atoms in total. The first-order valence-corrected chi connectivity index (χ1v) is 6.83. The molecule has 5 heteroatoms. The molecule has 0 aliphatic carbocycles. The van der Waals surface area contributed by atoms with Crippen LogP contribution in [-0.4, -0.2) is 50.3 Å². The highest BCUT2D eigenvalue weighted by Crippen LogP contribution is 2.26. The summed E-state index contributed by atoms with van der Waals surface area (Å²) >= 11 is 0. The summed E-state index contributed by atoms with van der Waals surface area (Å²) < 4.78 is 5.23. The zero-order chi connectivity index (χ0) is 13.9. The Morgan fingerprint density at radius 2 is 1.60 bits per heavy atom. The van der Waals surface area contributed by atoms with Crippen molar-refractivity contribution in [2.75, 3.05) is 44.3 Å². The van der Waals surface area contributed by atoms with Crippen LogP contribution in [0.2, 0.25) is 0 Å². The number of ether oxygens (including phenoxy) is 1. The Kier molecular flexibility index (Phi) is 3.56. The van der Waals surface area contributed by atoms with E-state index in [1.165, 1.54) is 0 Å². The lowest BCUT2D eigenvalue weighted by Crippen LogP contribution is -2.56. The molecule has 0 atom stereocenters. The quantitative estimate of drug-likeness (QED) is 0.799. The summed E-state index contributed by atoms with van der Waals surface area (Å²) in [5, 5.41) is 18.5. The normalized spacial score (nSPS) is 20.0. The molecule has 1 aromatic carbocycles. The van der Waals surface area contributed by atoms with Gasteiger partial charge < -0.3 is 9.64 Å². The molecule has 2 aliphatic rings. The highest BCUT2D eigenvalue weighted by atomic mass is 16.5. The summed E-state index contributed by atoms with van der Waals surface area (Å²) in [6.07, 6.45) is 0. The third kappa shape index (κ3) is 2.22. The van der Waals surface area contributed by atoms with Gasteiger partial charge in [-0.25, -0.2) is 0 Å². The van der Waals surface area contributed by atoms with Crippen LogP contribution in [0.1, 0.15) is 11.1 Å². The van der Waals surface area contributed by atoms with Crippen LogP contribution in [0.3, 0.4) is 0 Å². The molecule has 1 aromatic rings. The molecule has 0 spiro atoms. The first-order valence-electron chi connectivity index (χ1n) is 6.83. The van der Waals surface area contributed by atoms with Gasteiger partial charge in [-0.3, -0.25) is 4.90 Å². The maximum atomic E-state index is 9.24. The zero-order valence-corrected chi connectivity index (χ0v) is 11.2. The number of piperazine rings is 1. The number of hydrogen-bond acceptors (Lipinski definition) is 5. The Balaban J connectivity index is 1.78. The third-order valence-electron chi connectivity index (χ3n) is 4.04. The average Bonchev–Trinajstić information content (AvgIpc) is 2.45. The van der Waals surface area contributed by atoms with E-state index in [0.717, 1.165) is 45.1 Å². The highest BCUT2D eigenvalue weighted by molar-refractivity contribution is 5.68. The number of nitriles is 2. The molecule has 0 amide bonds. The first-order chi connectivity index (χ1) is 9.83. The molecule has 0 unspecified atom stereocenters. The molecule has 0 saturated carbocycles. The minimum Gasteiger partial charge on any atom is -0.378 e. The SMILES string of the molecule is N#Cc1cccc(C#N)c1N1CCN(C2COC2)CC1. The minimum absolute atomic E-state index is 0.554. The predicted octanol–water partition coefficient (Wildman–Crippen LogP) is 0.951. The number of benzene rings is 1. The maximum absolute atomic E-state index is 9.24. The largest absolute Gasteiger partial charge is 0.378 e. The molecule has 2 heterocycles. The number of hydrogen-bond donors (Lipinski definition) is 0. The molecular weight excluding hydrogens is 252 g/mol. The number of rotatable bonds is 2. The molecule has 0 aromatic heterocycles. The van der Waals surface area contributed by atoms with Gasteiger partial charge in [0, 0.05) is 26.2 Å². The second-order valence-corrected chi connectivity index (χ2v) is 5.14. The van der Waals surface area contributed by atoms with Crippen LogP contribution in [0, 0.1) is 22.7 Å². The van der Waals surface area contributed by atoms with E-state index < -0.39 is 0 Å². The van der Waals surface area contributed by atoms with Gasteiger partial charge in [-0.05, 0) is 12.1 Å². The van der Waals surface area contributed by atoms with Crippen molar-refractivity contribution in [1.29, 1.82) is 10.5 Å². The van der Waals surface area contributed by atoms with Crippen LogP contribution in [-0.2, 0) is 4.74 Å². The van der Waals surface area contributed by atoms with E-state index in [9.17, 15) is 10.5 Å². The fourth-order valence-corrected chi connectivity index (χ4v) is 2.81. The minimum atomic E-state index is 0.554. The summed E-state index contributed by atoms with van der Waals surface area (Å²) in [6, 6.07) is 10.3. The van der Waals surface area contributed by atoms with E-state index in [2.05, 4.69) is 21.9 Å². The topological polar surface area (TPSA) is 63.3 Å². The fraction of sp³-hybridized carbons (Fsp3) is 0.467. The lowest BCUT2D eigenvalue weighted by molar-refractivity contribution is -0.0660. The summed E-state index contributed by atoms with van der Waals surface area (Å²) in [6.45, 7) is 5.28. The van der Waals surface area contributed by atoms with E-state index in [4.69, 9.17) is 4.74 Å². The van der Waals surface area contributed by atoms with Gasteiger partial charge in [0.2, 0.25) is 0 Å². The number of nitrogens with zero attached hydrogens (tertiary/aromatic N) is 4. The predicted molar refractivity (Wildman–Crippen MR) is 74.3 cm³/mol. The monoisotopic (exact) mass is 268 g/mol. The molecule has 0 N–H and O–H groups in total. The van der Waals surface area contributed by atoms with E-state index in [0.29, 0.717) is 17.2 Å². The molecule has 0 bridgehead atoms. The van der Waals surface area contributed by atoms with Crippen molar-refractivity contribution in [3.63, 3.8) is 0 Å². The molecule has 3 rings (SSSR count). The Morgan fingerprint density at radius 1 is 1.00 bits per heavy atom. The van der Waals surface area contributed by atoms with Gasteiger partial charge in [0.05, 0.1) is 36.1 Å². The Morgan fingerprint density at radius 3 is 2.05 bits per heavy atom. The van der Waals surface area contributed by atoms with Crippen LogP contribution in [0.25, 0.3) is 0 Å². The van der Waals surface area contributed by atoms with Crippen molar-refractivity contribution >= 4 is 5.69 Å². The van der Waals surface area contributed by atoms with Crippen LogP contribution in [0.15, 0.2) is 18.2 Å². The van der Waals surface area contributed by atoms with Gasteiger partial charge >= 0.3 is 0 Å². The van der Waals surface area contributed by atoms with Crippen LogP contribution >= 0.6 is 0 Å². The lowest BCUT2D eigenvalue weighted by Gasteiger charge is -2.43. The molecule has 2 aliphatic heterocycles. The second-order valence-electron chi connectivity index (χ2n) is 5.14. The number of para-hydroxylation sites is 1. The molecule has 2 fully saturated rings. The van der Waals surface area contributed by atoms with E-state index in [1.807, 2.05) is 0 Å². The molecule has 2 saturated heterocycles. The molecule has 20 heavy (non-hydrogen) atoms. The zero-order valence-electron chi connectivity index (χ0n) is 11.2. The van der Waals surface area contributed by atoms with Gasteiger partial charge in [0.25, 0.3) is 0 Å². The second kappa shape index (κ2) is 5.50. The lowest BCUT2D eigenvalue weighted by atomic mass is 10.1. The average molecular weight is 268 g/mol. The van der Waals surface area contributed by atoms with Crippen LogP contribution < -0.4 is 4.90 Å². The standard InChI is InChI=1S/C15H16N4O/c16-8-12-2-1-3-13(9-17)15(12)19-6-4-18(5-7-19)14-10-20-11-14/h1-3,14H,4-7,10-11H2. The fourth-order valence-electron chi connectivity index (χ4n) is 2.81.